The third-order valence-corrected chi connectivity index (χ3v) is 6.08. The molecule has 1 amide bonds. The molecule has 1 heterocycles. The third kappa shape index (κ3) is 1.72. The Hall–Kier alpha value is -1.06. The van der Waals surface area contributed by atoms with Crippen LogP contribution in [-0.2, 0) is 9.59 Å². The van der Waals surface area contributed by atoms with Crippen molar-refractivity contribution in [3.05, 3.63) is 0 Å². The molecule has 1 N–H and O–H groups in total. The predicted octanol–water partition coefficient (Wildman–Crippen LogP) is 1.60. The Morgan fingerprint density at radius 3 is 2.42 bits per heavy atom. The molecule has 2 bridgehead atoms. The van der Waals surface area contributed by atoms with Gasteiger partial charge < -0.3 is 10.0 Å². The number of likely N-dealkylation sites (tertiary alicyclic amines) is 1. The molecule has 3 aliphatic carbocycles. The van der Waals surface area contributed by atoms with E-state index >= 15 is 0 Å². The molecule has 5 unspecified atom stereocenters. The first kappa shape index (κ1) is 11.7. The first-order valence-electron chi connectivity index (χ1n) is 7.65. The van der Waals surface area contributed by atoms with Crippen molar-refractivity contribution in [1.29, 1.82) is 0 Å². The minimum Gasteiger partial charge on any atom is -0.481 e. The van der Waals surface area contributed by atoms with Crippen molar-refractivity contribution in [3.63, 3.8) is 0 Å². The van der Waals surface area contributed by atoms with E-state index in [0.717, 1.165) is 24.8 Å². The van der Waals surface area contributed by atoms with Gasteiger partial charge in [0, 0.05) is 25.4 Å². The highest BCUT2D eigenvalue weighted by atomic mass is 16.4. The van der Waals surface area contributed by atoms with Gasteiger partial charge in [0.15, 0.2) is 0 Å². The number of hydrogen-bond donors (Lipinski definition) is 1. The molecule has 0 spiro atoms. The molecule has 0 aromatic heterocycles. The molecule has 4 fully saturated rings. The van der Waals surface area contributed by atoms with Crippen molar-refractivity contribution in [1.82, 2.24) is 4.90 Å². The number of fused-ring (bicyclic) bond motifs is 5. The Kier molecular flexibility index (Phi) is 2.45. The molecule has 5 atom stereocenters. The molecule has 4 rings (SSSR count). The minimum absolute atomic E-state index is 0.178. The summed E-state index contributed by atoms with van der Waals surface area (Å²) in [6, 6.07) is 0. The highest BCUT2D eigenvalue weighted by Crippen LogP contribution is 2.69. The van der Waals surface area contributed by atoms with E-state index in [0.29, 0.717) is 30.2 Å². The van der Waals surface area contributed by atoms with Crippen LogP contribution in [0.5, 0.6) is 0 Å². The molecular formula is C15H21NO3. The van der Waals surface area contributed by atoms with Crippen molar-refractivity contribution < 1.29 is 14.7 Å². The Morgan fingerprint density at radius 1 is 1.11 bits per heavy atom. The van der Waals surface area contributed by atoms with Crippen LogP contribution in [0.2, 0.25) is 0 Å². The van der Waals surface area contributed by atoms with Crippen LogP contribution in [0, 0.1) is 35.5 Å². The van der Waals surface area contributed by atoms with E-state index in [4.69, 9.17) is 5.11 Å². The normalized spacial score (nSPS) is 46.4. The molecule has 0 aromatic carbocycles. The first-order valence-corrected chi connectivity index (χ1v) is 7.65. The van der Waals surface area contributed by atoms with Crippen LogP contribution in [0.3, 0.4) is 0 Å². The molecule has 4 heteroatoms. The van der Waals surface area contributed by atoms with E-state index in [2.05, 4.69) is 0 Å². The van der Waals surface area contributed by atoms with Gasteiger partial charge in [0.2, 0.25) is 5.91 Å². The average Bonchev–Trinajstić information content (AvgIpc) is 2.74. The summed E-state index contributed by atoms with van der Waals surface area (Å²) < 4.78 is 0. The molecule has 0 radical (unpaired) electrons. The number of carbonyl (C=O) groups excluding carboxylic acids is 1. The van der Waals surface area contributed by atoms with Gasteiger partial charge in [-0.25, -0.2) is 0 Å². The molecule has 4 nitrogen and oxygen atoms in total. The largest absolute Gasteiger partial charge is 0.481 e. The summed E-state index contributed by atoms with van der Waals surface area (Å²) in [5.74, 6) is 3.17. The second-order valence-electron chi connectivity index (χ2n) is 7.05. The third-order valence-electron chi connectivity index (χ3n) is 6.08. The first-order chi connectivity index (χ1) is 9.15. The zero-order valence-corrected chi connectivity index (χ0v) is 11.1. The second kappa shape index (κ2) is 3.97. The fourth-order valence-electron chi connectivity index (χ4n) is 5.31. The lowest BCUT2D eigenvalue weighted by atomic mass is 10.0. The Morgan fingerprint density at radius 2 is 1.79 bits per heavy atom. The number of nitrogens with zero attached hydrogens (tertiary/aromatic N) is 1. The lowest BCUT2D eigenvalue weighted by Gasteiger charge is -2.18. The van der Waals surface area contributed by atoms with Crippen LogP contribution >= 0.6 is 0 Å². The summed E-state index contributed by atoms with van der Waals surface area (Å²) in [5.41, 5.74) is 0. The van der Waals surface area contributed by atoms with Crippen LogP contribution in [0.1, 0.15) is 32.1 Å². The maximum absolute atomic E-state index is 12.5. The van der Waals surface area contributed by atoms with Crippen molar-refractivity contribution in [2.45, 2.75) is 32.1 Å². The lowest BCUT2D eigenvalue weighted by molar-refractivity contribution is -0.138. The molecule has 19 heavy (non-hydrogen) atoms. The van der Waals surface area contributed by atoms with E-state index in [1.165, 1.54) is 19.3 Å². The standard InChI is InChI=1S/C15H21NO3/c17-11(18)5-8-3-4-16(7-8)15(19)14-12-9-1-2-10(6-9)13(12)14/h8-10,12-14H,1-7H2,(H,17,18). The van der Waals surface area contributed by atoms with Crippen molar-refractivity contribution in [2.75, 3.05) is 13.1 Å². The summed E-state index contributed by atoms with van der Waals surface area (Å²) in [5, 5.41) is 8.83. The Balaban J connectivity index is 1.37. The smallest absolute Gasteiger partial charge is 0.303 e. The molecule has 1 saturated heterocycles. The fourth-order valence-corrected chi connectivity index (χ4v) is 5.31. The second-order valence-corrected chi connectivity index (χ2v) is 7.05. The summed E-state index contributed by atoms with van der Waals surface area (Å²) in [6.45, 7) is 1.46. The fraction of sp³-hybridized carbons (Fsp3) is 0.867. The van der Waals surface area contributed by atoms with Gasteiger partial charge in [-0.3, -0.25) is 9.59 Å². The van der Waals surface area contributed by atoms with E-state index in [9.17, 15) is 9.59 Å². The molecule has 104 valence electrons. The van der Waals surface area contributed by atoms with Gasteiger partial charge in [0.05, 0.1) is 0 Å². The van der Waals surface area contributed by atoms with Crippen molar-refractivity contribution >= 4 is 11.9 Å². The highest BCUT2D eigenvalue weighted by Gasteiger charge is 2.68. The van der Waals surface area contributed by atoms with Crippen LogP contribution in [-0.4, -0.2) is 35.0 Å². The van der Waals surface area contributed by atoms with E-state index in [-0.39, 0.29) is 12.3 Å². The van der Waals surface area contributed by atoms with E-state index < -0.39 is 5.97 Å². The predicted molar refractivity (Wildman–Crippen MR) is 68.2 cm³/mol. The van der Waals surface area contributed by atoms with E-state index in [1.807, 2.05) is 4.90 Å². The summed E-state index contributed by atoms with van der Waals surface area (Å²) in [6.07, 6.45) is 5.15. The number of rotatable bonds is 3. The number of carboxylic acid groups (broad SMARTS) is 1. The number of amides is 1. The monoisotopic (exact) mass is 263 g/mol. The SMILES string of the molecule is O=C(O)CC1CCN(C(=O)C2C3C4CCC(C4)C23)C1. The van der Waals surface area contributed by atoms with Crippen LogP contribution < -0.4 is 0 Å². The Bertz CT molecular complexity index is 419. The minimum atomic E-state index is -0.736. The van der Waals surface area contributed by atoms with Crippen LogP contribution in [0.4, 0.5) is 0 Å². The van der Waals surface area contributed by atoms with Gasteiger partial charge in [-0.05, 0) is 55.3 Å². The number of aliphatic carboxylic acids is 1. The maximum Gasteiger partial charge on any atom is 0.303 e. The molecule has 4 aliphatic rings. The van der Waals surface area contributed by atoms with Crippen LogP contribution in [0.25, 0.3) is 0 Å². The molecule has 3 saturated carbocycles. The maximum atomic E-state index is 12.5. The molecule has 1 aliphatic heterocycles. The van der Waals surface area contributed by atoms with Crippen molar-refractivity contribution in [2.24, 2.45) is 35.5 Å². The van der Waals surface area contributed by atoms with E-state index in [1.54, 1.807) is 0 Å². The summed E-state index contributed by atoms with van der Waals surface area (Å²) in [4.78, 5) is 25.2. The zero-order chi connectivity index (χ0) is 13.1. The van der Waals surface area contributed by atoms with Gasteiger partial charge in [-0.2, -0.15) is 0 Å². The topological polar surface area (TPSA) is 57.6 Å². The van der Waals surface area contributed by atoms with Gasteiger partial charge >= 0.3 is 5.97 Å². The quantitative estimate of drug-likeness (QED) is 0.841. The molecular weight excluding hydrogens is 242 g/mol. The number of carbonyl (C=O) groups is 2. The summed E-state index contributed by atoms with van der Waals surface area (Å²) >= 11 is 0. The number of hydrogen-bond acceptors (Lipinski definition) is 2. The lowest BCUT2D eigenvalue weighted by Crippen LogP contribution is -2.32. The molecule has 0 aromatic rings. The zero-order valence-electron chi connectivity index (χ0n) is 11.1. The average molecular weight is 263 g/mol. The van der Waals surface area contributed by atoms with Crippen LogP contribution in [0.15, 0.2) is 0 Å². The van der Waals surface area contributed by atoms with Gasteiger partial charge in [-0.1, -0.05) is 0 Å². The van der Waals surface area contributed by atoms with Crippen molar-refractivity contribution in [3.8, 4) is 0 Å². The number of carboxylic acids is 1. The summed E-state index contributed by atoms with van der Waals surface area (Å²) in [7, 11) is 0. The van der Waals surface area contributed by atoms with Gasteiger partial charge in [0.25, 0.3) is 0 Å². The Labute approximate surface area is 113 Å². The van der Waals surface area contributed by atoms with Gasteiger partial charge in [0.1, 0.15) is 0 Å². The highest BCUT2D eigenvalue weighted by molar-refractivity contribution is 5.83. The van der Waals surface area contributed by atoms with Gasteiger partial charge in [-0.15, -0.1) is 0 Å².